The van der Waals surface area contributed by atoms with Crippen LogP contribution >= 0.6 is 11.3 Å². The van der Waals surface area contributed by atoms with Crippen molar-refractivity contribution in [2.75, 3.05) is 0 Å². The van der Waals surface area contributed by atoms with Gasteiger partial charge in [-0.1, -0.05) is 166 Å². The van der Waals surface area contributed by atoms with Gasteiger partial charge in [0.05, 0.1) is 0 Å². The number of hydrogen-bond donors (Lipinski definition) is 0. The first-order chi connectivity index (χ1) is 25.6. The number of rotatable bonds is 3. The van der Waals surface area contributed by atoms with Crippen LogP contribution in [0.3, 0.4) is 0 Å². The summed E-state index contributed by atoms with van der Waals surface area (Å²) in [6.45, 7) is 4.76. The lowest BCUT2D eigenvalue weighted by Crippen LogP contribution is -2.14. The SMILES string of the molecule is CC1(C)c2ccccc2-c2c1ccc1sc3cc(-c4cccc(-c5c6ccccc6c(-c6ccccc6)c6ccccc56)c4)c4ccccc4c3c21. The molecule has 0 bridgehead atoms. The van der Waals surface area contributed by atoms with E-state index in [0.29, 0.717) is 0 Å². The molecule has 0 saturated carbocycles. The molecule has 52 heavy (non-hydrogen) atoms. The average molecular weight is 679 g/mol. The summed E-state index contributed by atoms with van der Waals surface area (Å²) < 4.78 is 2.70. The van der Waals surface area contributed by atoms with Gasteiger partial charge in [0.15, 0.2) is 0 Å². The van der Waals surface area contributed by atoms with Gasteiger partial charge in [0.2, 0.25) is 0 Å². The number of hydrogen-bond acceptors (Lipinski definition) is 1. The smallest absolute Gasteiger partial charge is 0.0368 e. The van der Waals surface area contributed by atoms with E-state index in [9.17, 15) is 0 Å². The predicted octanol–water partition coefficient (Wildman–Crippen LogP) is 14.8. The van der Waals surface area contributed by atoms with Gasteiger partial charge in [0, 0.05) is 25.6 Å². The maximum atomic E-state index is 2.47. The Bertz CT molecular complexity index is 3030. The summed E-state index contributed by atoms with van der Waals surface area (Å²) in [6, 6.07) is 63.3. The standard InChI is InChI=1S/C51H34S/c1-51(2)42-26-13-12-25-40(42)48-43(51)27-28-44-50(48)49-35-20-7-6-19-34(35)41(30-45(49)52-44)32-17-14-18-33(29-32)47-38-23-10-8-21-36(38)46(31-15-4-3-5-16-31)37-22-9-11-24-39(37)47/h3-30H,1-2H3. The lowest BCUT2D eigenvalue weighted by molar-refractivity contribution is 0.661. The molecule has 11 rings (SSSR count). The molecule has 244 valence electrons. The topological polar surface area (TPSA) is 0 Å². The fourth-order valence-corrected chi connectivity index (χ4v) is 10.5. The highest BCUT2D eigenvalue weighted by Crippen LogP contribution is 2.55. The summed E-state index contributed by atoms with van der Waals surface area (Å²) in [5.41, 5.74) is 13.2. The van der Waals surface area contributed by atoms with Crippen molar-refractivity contribution >= 4 is 63.8 Å². The van der Waals surface area contributed by atoms with Crippen molar-refractivity contribution in [3.63, 3.8) is 0 Å². The van der Waals surface area contributed by atoms with Gasteiger partial charge < -0.3 is 0 Å². The van der Waals surface area contributed by atoms with E-state index in [2.05, 4.69) is 184 Å². The highest BCUT2D eigenvalue weighted by atomic mass is 32.1. The Morgan fingerprint density at radius 2 is 0.904 bits per heavy atom. The molecule has 0 unspecified atom stereocenters. The van der Waals surface area contributed by atoms with Gasteiger partial charge in [0.25, 0.3) is 0 Å². The molecule has 1 heterocycles. The first kappa shape index (κ1) is 29.7. The molecule has 0 atom stereocenters. The van der Waals surface area contributed by atoms with E-state index in [1.807, 2.05) is 11.3 Å². The Morgan fingerprint density at radius 1 is 0.346 bits per heavy atom. The van der Waals surface area contributed by atoms with Crippen molar-refractivity contribution in [2.45, 2.75) is 19.3 Å². The van der Waals surface area contributed by atoms with Gasteiger partial charge in [0.1, 0.15) is 0 Å². The van der Waals surface area contributed by atoms with Crippen molar-refractivity contribution in [1.29, 1.82) is 0 Å². The van der Waals surface area contributed by atoms with Crippen LogP contribution in [0.15, 0.2) is 170 Å². The summed E-state index contributed by atoms with van der Waals surface area (Å²) in [5, 5.41) is 10.5. The summed E-state index contributed by atoms with van der Waals surface area (Å²) in [5.74, 6) is 0. The molecule has 0 fully saturated rings. The van der Waals surface area contributed by atoms with Gasteiger partial charge in [-0.05, 0) is 106 Å². The lowest BCUT2D eigenvalue weighted by atomic mass is 9.82. The molecule has 0 radical (unpaired) electrons. The van der Waals surface area contributed by atoms with E-state index in [1.54, 1.807) is 0 Å². The Morgan fingerprint density at radius 3 is 1.62 bits per heavy atom. The van der Waals surface area contributed by atoms with Gasteiger partial charge >= 0.3 is 0 Å². The first-order valence-electron chi connectivity index (χ1n) is 18.2. The van der Waals surface area contributed by atoms with Crippen LogP contribution in [0.4, 0.5) is 0 Å². The quantitative estimate of drug-likeness (QED) is 0.163. The Balaban J connectivity index is 1.17. The molecular weight excluding hydrogens is 645 g/mol. The third-order valence-corrected chi connectivity index (χ3v) is 12.7. The highest BCUT2D eigenvalue weighted by molar-refractivity contribution is 7.26. The summed E-state index contributed by atoms with van der Waals surface area (Å²) >= 11 is 1.93. The van der Waals surface area contributed by atoms with E-state index in [1.165, 1.54) is 108 Å². The monoisotopic (exact) mass is 678 g/mol. The minimum absolute atomic E-state index is 0.0296. The van der Waals surface area contributed by atoms with Crippen LogP contribution < -0.4 is 0 Å². The normalized spacial score (nSPS) is 13.3. The van der Waals surface area contributed by atoms with Crippen LogP contribution in [0.2, 0.25) is 0 Å². The molecule has 0 N–H and O–H groups in total. The molecule has 0 saturated heterocycles. The molecule has 0 spiro atoms. The second-order valence-electron chi connectivity index (χ2n) is 14.8. The van der Waals surface area contributed by atoms with Crippen LogP contribution in [-0.2, 0) is 5.41 Å². The fraction of sp³-hybridized carbons (Fsp3) is 0.0588. The molecule has 9 aromatic carbocycles. The minimum Gasteiger partial charge on any atom is -0.135 e. The highest BCUT2D eigenvalue weighted by Gasteiger charge is 2.37. The Kier molecular flexibility index (Phi) is 6.27. The van der Waals surface area contributed by atoms with Crippen LogP contribution in [0.5, 0.6) is 0 Å². The Hall–Kier alpha value is -6.02. The predicted molar refractivity (Wildman–Crippen MR) is 226 cm³/mol. The van der Waals surface area contributed by atoms with Crippen molar-refractivity contribution in [1.82, 2.24) is 0 Å². The number of thiophene rings is 1. The number of benzene rings is 9. The average Bonchev–Trinajstić information content (AvgIpc) is 3.69. The lowest BCUT2D eigenvalue weighted by Gasteiger charge is -2.21. The van der Waals surface area contributed by atoms with Gasteiger partial charge in [-0.3, -0.25) is 0 Å². The maximum Gasteiger partial charge on any atom is 0.0368 e. The molecule has 0 nitrogen and oxygen atoms in total. The second-order valence-corrected chi connectivity index (χ2v) is 15.8. The zero-order valence-corrected chi connectivity index (χ0v) is 29.9. The maximum absolute atomic E-state index is 2.47. The molecule has 0 amide bonds. The first-order valence-corrected chi connectivity index (χ1v) is 19.0. The Labute approximate surface area is 307 Å². The van der Waals surface area contributed by atoms with E-state index in [-0.39, 0.29) is 5.41 Å². The zero-order chi connectivity index (χ0) is 34.6. The fourth-order valence-electron chi connectivity index (χ4n) is 9.35. The molecule has 1 heteroatoms. The number of fused-ring (bicyclic) bond motifs is 11. The van der Waals surface area contributed by atoms with E-state index in [0.717, 1.165) is 0 Å². The molecule has 10 aromatic rings. The van der Waals surface area contributed by atoms with Gasteiger partial charge in [-0.15, -0.1) is 11.3 Å². The molecule has 1 aliphatic rings. The minimum atomic E-state index is -0.0296. The summed E-state index contributed by atoms with van der Waals surface area (Å²) in [7, 11) is 0. The zero-order valence-electron chi connectivity index (χ0n) is 29.1. The molecule has 1 aliphatic carbocycles. The third kappa shape index (κ3) is 4.09. The summed E-state index contributed by atoms with van der Waals surface area (Å²) in [4.78, 5) is 0. The van der Waals surface area contributed by atoms with E-state index < -0.39 is 0 Å². The van der Waals surface area contributed by atoms with Crippen LogP contribution in [-0.4, -0.2) is 0 Å². The van der Waals surface area contributed by atoms with Crippen molar-refractivity contribution in [3.05, 3.63) is 181 Å². The van der Waals surface area contributed by atoms with Crippen molar-refractivity contribution < 1.29 is 0 Å². The second kappa shape index (κ2) is 11.0. The molecular formula is C51H34S. The van der Waals surface area contributed by atoms with Crippen molar-refractivity contribution in [3.8, 4) is 44.5 Å². The van der Waals surface area contributed by atoms with E-state index in [4.69, 9.17) is 0 Å². The molecule has 0 aliphatic heterocycles. The van der Waals surface area contributed by atoms with Crippen LogP contribution in [0, 0.1) is 0 Å². The van der Waals surface area contributed by atoms with Crippen LogP contribution in [0.25, 0.3) is 97.0 Å². The van der Waals surface area contributed by atoms with Crippen molar-refractivity contribution in [2.24, 2.45) is 0 Å². The van der Waals surface area contributed by atoms with Gasteiger partial charge in [-0.25, -0.2) is 0 Å². The molecule has 1 aromatic heterocycles. The van der Waals surface area contributed by atoms with Crippen LogP contribution in [0.1, 0.15) is 25.0 Å². The third-order valence-electron chi connectivity index (χ3n) is 11.6. The van der Waals surface area contributed by atoms with E-state index >= 15 is 0 Å². The summed E-state index contributed by atoms with van der Waals surface area (Å²) in [6.07, 6.45) is 0. The van der Waals surface area contributed by atoms with Gasteiger partial charge in [-0.2, -0.15) is 0 Å². The largest absolute Gasteiger partial charge is 0.135 e.